The molecule has 0 aromatic rings. The minimum absolute atomic E-state index is 0.0103. The number of carbonyl (C=O) groups excluding carboxylic acids is 2. The van der Waals surface area contributed by atoms with E-state index in [0.29, 0.717) is 19.4 Å². The molecule has 5 heteroatoms. The Bertz CT molecular complexity index is 337. The van der Waals surface area contributed by atoms with E-state index >= 15 is 0 Å². The fourth-order valence-electron chi connectivity index (χ4n) is 2.37. The van der Waals surface area contributed by atoms with Crippen LogP contribution in [0, 0.1) is 5.41 Å². The van der Waals surface area contributed by atoms with Crippen LogP contribution >= 0.6 is 0 Å². The molecule has 0 spiro atoms. The highest BCUT2D eigenvalue weighted by atomic mass is 16.3. The fraction of sp³-hybridized carbons (Fsp3) is 0.867. The van der Waals surface area contributed by atoms with Gasteiger partial charge in [0.15, 0.2) is 0 Å². The first-order valence-corrected chi connectivity index (χ1v) is 7.55. The number of nitrogens with one attached hydrogen (secondary N) is 1. The van der Waals surface area contributed by atoms with Crippen molar-refractivity contribution in [1.82, 2.24) is 10.2 Å². The van der Waals surface area contributed by atoms with Crippen LogP contribution in [0.3, 0.4) is 0 Å². The Morgan fingerprint density at radius 2 is 2.00 bits per heavy atom. The first-order chi connectivity index (χ1) is 9.36. The number of amides is 2. The average molecular weight is 284 g/mol. The molecule has 20 heavy (non-hydrogen) atoms. The zero-order chi connectivity index (χ0) is 15.2. The van der Waals surface area contributed by atoms with E-state index < -0.39 is 5.41 Å². The van der Waals surface area contributed by atoms with Gasteiger partial charge in [-0.25, -0.2) is 0 Å². The molecule has 0 saturated carbocycles. The van der Waals surface area contributed by atoms with Gasteiger partial charge in [-0.3, -0.25) is 9.59 Å². The average Bonchev–Trinajstić information content (AvgIpc) is 2.41. The zero-order valence-electron chi connectivity index (χ0n) is 12.9. The quantitative estimate of drug-likeness (QED) is 0.748. The lowest BCUT2D eigenvalue weighted by atomic mass is 9.96. The maximum atomic E-state index is 12.1. The summed E-state index contributed by atoms with van der Waals surface area (Å²) < 4.78 is 0. The van der Waals surface area contributed by atoms with Gasteiger partial charge in [0.05, 0.1) is 12.6 Å². The number of nitrogens with zero attached hydrogens (tertiary/aromatic N) is 1. The minimum atomic E-state index is -0.390. The molecule has 1 unspecified atom stereocenters. The second-order valence-corrected chi connectivity index (χ2v) is 6.53. The lowest BCUT2D eigenvalue weighted by molar-refractivity contribution is -0.136. The zero-order valence-corrected chi connectivity index (χ0v) is 12.9. The Balaban J connectivity index is 2.27. The Kier molecular flexibility index (Phi) is 6.46. The van der Waals surface area contributed by atoms with E-state index in [1.807, 2.05) is 20.8 Å². The normalized spacial score (nSPS) is 19.8. The summed E-state index contributed by atoms with van der Waals surface area (Å²) in [5.41, 5.74) is -0.390. The van der Waals surface area contributed by atoms with Crippen molar-refractivity contribution in [3.63, 3.8) is 0 Å². The van der Waals surface area contributed by atoms with E-state index in [1.165, 1.54) is 0 Å². The largest absolute Gasteiger partial charge is 0.394 e. The van der Waals surface area contributed by atoms with Crippen molar-refractivity contribution in [2.45, 2.75) is 58.9 Å². The van der Waals surface area contributed by atoms with Gasteiger partial charge in [-0.2, -0.15) is 0 Å². The van der Waals surface area contributed by atoms with E-state index in [0.717, 1.165) is 25.8 Å². The summed E-state index contributed by atoms with van der Waals surface area (Å²) in [7, 11) is 0. The van der Waals surface area contributed by atoms with Crippen LogP contribution in [-0.2, 0) is 9.59 Å². The van der Waals surface area contributed by atoms with E-state index in [2.05, 4.69) is 5.32 Å². The van der Waals surface area contributed by atoms with Gasteiger partial charge in [-0.05, 0) is 25.7 Å². The summed E-state index contributed by atoms with van der Waals surface area (Å²) in [5, 5.41) is 12.1. The summed E-state index contributed by atoms with van der Waals surface area (Å²) in [6.07, 6.45) is 4.07. The third-order valence-corrected chi connectivity index (χ3v) is 3.69. The van der Waals surface area contributed by atoms with E-state index in [1.54, 1.807) is 4.90 Å². The smallest absolute Gasteiger partial charge is 0.225 e. The van der Waals surface area contributed by atoms with Crippen LogP contribution < -0.4 is 5.32 Å². The number of hydrogen-bond acceptors (Lipinski definition) is 3. The summed E-state index contributed by atoms with van der Waals surface area (Å²) in [6.45, 7) is 6.93. The molecule has 1 saturated heterocycles. The Labute approximate surface area is 121 Å². The molecule has 116 valence electrons. The van der Waals surface area contributed by atoms with Crippen molar-refractivity contribution < 1.29 is 14.7 Å². The number of piperidine rings is 1. The number of rotatable bonds is 5. The molecule has 0 aromatic carbocycles. The molecular weight excluding hydrogens is 256 g/mol. The summed E-state index contributed by atoms with van der Waals surface area (Å²) in [5.74, 6) is 0.102. The van der Waals surface area contributed by atoms with E-state index in [9.17, 15) is 14.7 Å². The summed E-state index contributed by atoms with van der Waals surface area (Å²) in [4.78, 5) is 25.6. The third-order valence-electron chi connectivity index (χ3n) is 3.69. The number of likely N-dealkylation sites (tertiary alicyclic amines) is 1. The number of aliphatic hydroxyl groups is 1. The topological polar surface area (TPSA) is 69.6 Å². The monoisotopic (exact) mass is 284 g/mol. The predicted molar refractivity (Wildman–Crippen MR) is 78.1 cm³/mol. The Morgan fingerprint density at radius 1 is 1.30 bits per heavy atom. The van der Waals surface area contributed by atoms with Gasteiger partial charge < -0.3 is 15.3 Å². The van der Waals surface area contributed by atoms with E-state index in [4.69, 9.17) is 0 Å². The van der Waals surface area contributed by atoms with Crippen molar-refractivity contribution in [1.29, 1.82) is 0 Å². The molecule has 0 radical (unpaired) electrons. The maximum Gasteiger partial charge on any atom is 0.225 e. The molecule has 1 heterocycles. The van der Waals surface area contributed by atoms with Crippen LogP contribution in [0.2, 0.25) is 0 Å². The van der Waals surface area contributed by atoms with Crippen molar-refractivity contribution in [2.75, 3.05) is 19.7 Å². The molecule has 5 nitrogen and oxygen atoms in total. The van der Waals surface area contributed by atoms with Gasteiger partial charge in [0, 0.05) is 24.9 Å². The first-order valence-electron chi connectivity index (χ1n) is 7.55. The van der Waals surface area contributed by atoms with Crippen LogP contribution in [0.5, 0.6) is 0 Å². The SMILES string of the molecule is CC(C)(C)C(=O)NCCCC(=O)N1CCCCC1CO. The van der Waals surface area contributed by atoms with Crippen molar-refractivity contribution in [3.05, 3.63) is 0 Å². The van der Waals surface area contributed by atoms with Crippen LogP contribution in [0.1, 0.15) is 52.9 Å². The second kappa shape index (κ2) is 7.62. The van der Waals surface area contributed by atoms with Crippen LogP contribution in [0.25, 0.3) is 0 Å². The number of carbonyl (C=O) groups is 2. The molecule has 1 rings (SSSR count). The fourth-order valence-corrected chi connectivity index (χ4v) is 2.37. The molecule has 0 aliphatic carbocycles. The standard InChI is InChI=1S/C15H28N2O3/c1-15(2,3)14(20)16-9-6-8-13(19)17-10-5-4-7-12(17)11-18/h12,18H,4-11H2,1-3H3,(H,16,20). The Hall–Kier alpha value is -1.10. The maximum absolute atomic E-state index is 12.1. The molecule has 0 aromatic heterocycles. The van der Waals surface area contributed by atoms with E-state index in [-0.39, 0.29) is 24.5 Å². The van der Waals surface area contributed by atoms with Gasteiger partial charge in [-0.15, -0.1) is 0 Å². The number of aliphatic hydroxyl groups excluding tert-OH is 1. The lowest BCUT2D eigenvalue weighted by Crippen LogP contribution is -2.45. The van der Waals surface area contributed by atoms with Crippen molar-refractivity contribution in [3.8, 4) is 0 Å². The highest BCUT2D eigenvalue weighted by molar-refractivity contribution is 5.81. The highest BCUT2D eigenvalue weighted by Crippen LogP contribution is 2.18. The van der Waals surface area contributed by atoms with Gasteiger partial charge in [0.25, 0.3) is 0 Å². The van der Waals surface area contributed by atoms with Gasteiger partial charge in [0.1, 0.15) is 0 Å². The molecular formula is C15H28N2O3. The molecule has 1 aliphatic rings. The number of hydrogen-bond donors (Lipinski definition) is 2. The lowest BCUT2D eigenvalue weighted by Gasteiger charge is -2.34. The van der Waals surface area contributed by atoms with Crippen molar-refractivity contribution >= 4 is 11.8 Å². The minimum Gasteiger partial charge on any atom is -0.394 e. The predicted octanol–water partition coefficient (Wildman–Crippen LogP) is 1.30. The van der Waals surface area contributed by atoms with Gasteiger partial charge in [0.2, 0.25) is 11.8 Å². The Morgan fingerprint density at radius 3 is 2.60 bits per heavy atom. The van der Waals surface area contributed by atoms with Crippen LogP contribution in [-0.4, -0.2) is 47.6 Å². The summed E-state index contributed by atoms with van der Waals surface area (Å²) >= 11 is 0. The van der Waals surface area contributed by atoms with Crippen molar-refractivity contribution in [2.24, 2.45) is 5.41 Å². The molecule has 2 N–H and O–H groups in total. The van der Waals surface area contributed by atoms with Crippen LogP contribution in [0.4, 0.5) is 0 Å². The van der Waals surface area contributed by atoms with Gasteiger partial charge >= 0.3 is 0 Å². The molecule has 0 bridgehead atoms. The molecule has 1 fully saturated rings. The second-order valence-electron chi connectivity index (χ2n) is 6.53. The molecule has 1 atom stereocenters. The first kappa shape index (κ1) is 17.0. The molecule has 1 aliphatic heterocycles. The highest BCUT2D eigenvalue weighted by Gasteiger charge is 2.25. The molecule has 2 amide bonds. The van der Waals surface area contributed by atoms with Gasteiger partial charge in [-0.1, -0.05) is 20.8 Å². The van der Waals surface area contributed by atoms with Crippen LogP contribution in [0.15, 0.2) is 0 Å². The third kappa shape index (κ3) is 5.12. The summed E-state index contributed by atoms with van der Waals surface area (Å²) in [6, 6.07) is -0.0135.